The van der Waals surface area contributed by atoms with Gasteiger partial charge in [-0.25, -0.2) is 14.4 Å². The fourth-order valence-electron chi connectivity index (χ4n) is 5.58. The first-order valence-corrected chi connectivity index (χ1v) is 12.3. The first-order valence-electron chi connectivity index (χ1n) is 12.3. The van der Waals surface area contributed by atoms with Crippen molar-refractivity contribution in [3.8, 4) is 17.3 Å². The minimum Gasteiger partial charge on any atom is -0.346 e. The number of nitrogens with zero attached hydrogens (tertiary/aromatic N) is 8. The summed E-state index contributed by atoms with van der Waals surface area (Å²) in [4.78, 5) is 32.7. The summed E-state index contributed by atoms with van der Waals surface area (Å²) in [6.07, 6.45) is 10.6. The van der Waals surface area contributed by atoms with Gasteiger partial charge in [0, 0.05) is 61.8 Å². The van der Waals surface area contributed by atoms with Gasteiger partial charge < -0.3 is 9.88 Å². The number of fused-ring (bicyclic) bond motifs is 1. The molecule has 0 bridgehead atoms. The summed E-state index contributed by atoms with van der Waals surface area (Å²) in [5.41, 5.74) is 2.37. The van der Waals surface area contributed by atoms with Crippen LogP contribution in [0.1, 0.15) is 35.3 Å². The minimum absolute atomic E-state index is 0.0815. The molecule has 0 spiro atoms. The van der Waals surface area contributed by atoms with Crippen molar-refractivity contribution >= 4 is 16.9 Å². The summed E-state index contributed by atoms with van der Waals surface area (Å²) in [5, 5.41) is 15.2. The summed E-state index contributed by atoms with van der Waals surface area (Å²) in [6, 6.07) is 6.04. The smallest absolute Gasteiger partial charge is 0.256 e. The second-order valence-electron chi connectivity index (χ2n) is 9.88. The molecule has 37 heavy (non-hydrogen) atoms. The Morgan fingerprint density at radius 2 is 2.05 bits per heavy atom. The van der Waals surface area contributed by atoms with Crippen LogP contribution in [0.3, 0.4) is 0 Å². The van der Waals surface area contributed by atoms with Gasteiger partial charge in [0.1, 0.15) is 17.5 Å². The summed E-state index contributed by atoms with van der Waals surface area (Å²) < 4.78 is 16.3. The molecule has 0 atom stereocenters. The van der Waals surface area contributed by atoms with E-state index in [4.69, 9.17) is 0 Å². The molecule has 0 aliphatic carbocycles. The van der Waals surface area contributed by atoms with Crippen LogP contribution in [-0.4, -0.2) is 77.6 Å². The number of piperidine rings is 1. The Morgan fingerprint density at radius 3 is 2.84 bits per heavy atom. The number of likely N-dealkylation sites (tertiary alicyclic amines) is 2. The summed E-state index contributed by atoms with van der Waals surface area (Å²) in [6.45, 7) is 4.12. The second kappa shape index (κ2) is 9.05. The van der Waals surface area contributed by atoms with E-state index in [2.05, 4.69) is 36.0 Å². The molecule has 2 saturated heterocycles. The van der Waals surface area contributed by atoms with Crippen molar-refractivity contribution < 1.29 is 9.18 Å². The molecule has 1 amide bonds. The van der Waals surface area contributed by atoms with E-state index in [1.165, 1.54) is 18.6 Å². The molecule has 0 saturated carbocycles. The van der Waals surface area contributed by atoms with Crippen LogP contribution in [0.4, 0.5) is 4.39 Å². The van der Waals surface area contributed by atoms with E-state index in [0.717, 1.165) is 35.1 Å². The van der Waals surface area contributed by atoms with Gasteiger partial charge in [0.2, 0.25) is 0 Å². The van der Waals surface area contributed by atoms with Gasteiger partial charge in [0.25, 0.3) is 5.91 Å². The Bertz CT molecular complexity index is 1510. The standard InChI is InChI=1S/C26H26FN9O/c1-17-22(27)20(2-8-29-17)25(37)34-10-4-19(5-11-34)35-14-26(15-35,6-7-28)36-13-18(12-33-36)23-21-3-9-30-24(21)32-16-31-23/h2-3,8-9,12-13,16,19H,4-6,10-11,14-15H2,1H3,(H,30,31,32). The third-order valence-corrected chi connectivity index (χ3v) is 7.66. The molecular weight excluding hydrogens is 473 g/mol. The lowest BCUT2D eigenvalue weighted by atomic mass is 9.83. The fourth-order valence-corrected chi connectivity index (χ4v) is 5.58. The van der Waals surface area contributed by atoms with Gasteiger partial charge in [0.15, 0.2) is 5.82 Å². The molecule has 11 heteroatoms. The lowest BCUT2D eigenvalue weighted by Gasteiger charge is -2.53. The van der Waals surface area contributed by atoms with E-state index in [1.54, 1.807) is 18.0 Å². The van der Waals surface area contributed by atoms with Crippen LogP contribution in [0.25, 0.3) is 22.3 Å². The number of carbonyl (C=O) groups is 1. The normalized spacial score (nSPS) is 18.0. The zero-order valence-electron chi connectivity index (χ0n) is 20.4. The van der Waals surface area contributed by atoms with Gasteiger partial charge in [0.05, 0.1) is 35.6 Å². The van der Waals surface area contributed by atoms with Gasteiger partial charge in [-0.15, -0.1) is 0 Å². The number of nitriles is 1. The van der Waals surface area contributed by atoms with Crippen LogP contribution in [0, 0.1) is 24.1 Å². The fraction of sp³-hybridized carbons (Fsp3) is 0.385. The largest absolute Gasteiger partial charge is 0.346 e. The molecule has 2 aliphatic rings. The van der Waals surface area contributed by atoms with E-state index in [1.807, 2.05) is 23.1 Å². The first-order chi connectivity index (χ1) is 18.0. The number of carbonyl (C=O) groups excluding carboxylic acids is 1. The lowest BCUT2D eigenvalue weighted by Crippen LogP contribution is -2.66. The van der Waals surface area contributed by atoms with Crippen molar-refractivity contribution in [3.63, 3.8) is 0 Å². The molecule has 188 valence electrons. The van der Waals surface area contributed by atoms with E-state index in [0.29, 0.717) is 38.6 Å². The minimum atomic E-state index is -0.545. The molecule has 2 aliphatic heterocycles. The van der Waals surface area contributed by atoms with Crippen LogP contribution in [0.2, 0.25) is 0 Å². The number of H-pyrrole nitrogens is 1. The number of halogens is 1. The molecule has 2 fully saturated rings. The molecule has 0 unspecified atom stereocenters. The van der Waals surface area contributed by atoms with Gasteiger partial charge in [-0.05, 0) is 31.9 Å². The van der Waals surface area contributed by atoms with Crippen molar-refractivity contribution in [2.75, 3.05) is 26.2 Å². The maximum atomic E-state index is 14.4. The topological polar surface area (TPSA) is 120 Å². The summed E-state index contributed by atoms with van der Waals surface area (Å²) in [7, 11) is 0. The van der Waals surface area contributed by atoms with Crippen molar-refractivity contribution in [3.05, 3.63) is 60.3 Å². The molecule has 6 heterocycles. The highest BCUT2D eigenvalue weighted by Gasteiger charge is 2.48. The monoisotopic (exact) mass is 499 g/mol. The maximum Gasteiger partial charge on any atom is 0.256 e. The number of hydrogen-bond donors (Lipinski definition) is 1. The Morgan fingerprint density at radius 1 is 1.24 bits per heavy atom. The van der Waals surface area contributed by atoms with Crippen molar-refractivity contribution in [2.45, 2.75) is 37.8 Å². The third kappa shape index (κ3) is 3.94. The third-order valence-electron chi connectivity index (χ3n) is 7.66. The number of nitrogens with one attached hydrogen (secondary N) is 1. The number of pyridine rings is 1. The van der Waals surface area contributed by atoms with E-state index in [9.17, 15) is 14.4 Å². The zero-order valence-corrected chi connectivity index (χ0v) is 20.4. The van der Waals surface area contributed by atoms with Gasteiger partial charge in [-0.3, -0.25) is 19.4 Å². The van der Waals surface area contributed by atoms with Crippen molar-refractivity contribution in [2.24, 2.45) is 0 Å². The molecule has 0 aromatic carbocycles. The number of aromatic nitrogens is 6. The quantitative estimate of drug-likeness (QED) is 0.448. The van der Waals surface area contributed by atoms with Crippen LogP contribution >= 0.6 is 0 Å². The average Bonchev–Trinajstić information content (AvgIpc) is 3.58. The van der Waals surface area contributed by atoms with Gasteiger partial charge >= 0.3 is 0 Å². The summed E-state index contributed by atoms with van der Waals surface area (Å²) >= 11 is 0. The Kier molecular flexibility index (Phi) is 5.68. The van der Waals surface area contributed by atoms with Crippen LogP contribution < -0.4 is 0 Å². The molecule has 0 radical (unpaired) electrons. The number of hydrogen-bond acceptors (Lipinski definition) is 7. The van der Waals surface area contributed by atoms with Crippen LogP contribution in [0.5, 0.6) is 0 Å². The maximum absolute atomic E-state index is 14.4. The highest BCUT2D eigenvalue weighted by molar-refractivity contribution is 5.94. The molecule has 4 aromatic heterocycles. The first kappa shape index (κ1) is 23.2. The highest BCUT2D eigenvalue weighted by Crippen LogP contribution is 2.37. The summed E-state index contributed by atoms with van der Waals surface area (Å²) in [5.74, 6) is -0.828. The molecule has 4 aromatic rings. The Labute approximate surface area is 212 Å². The lowest BCUT2D eigenvalue weighted by molar-refractivity contribution is -0.0412. The number of rotatable bonds is 5. The van der Waals surface area contributed by atoms with E-state index in [-0.39, 0.29) is 17.2 Å². The second-order valence-corrected chi connectivity index (χ2v) is 9.88. The number of aryl methyl sites for hydroxylation is 1. The Hall–Kier alpha value is -4.17. The van der Waals surface area contributed by atoms with E-state index < -0.39 is 11.4 Å². The number of aromatic amines is 1. The predicted octanol–water partition coefficient (Wildman–Crippen LogP) is 2.89. The van der Waals surface area contributed by atoms with Gasteiger partial charge in [-0.1, -0.05) is 0 Å². The predicted molar refractivity (Wildman–Crippen MR) is 133 cm³/mol. The van der Waals surface area contributed by atoms with Crippen LogP contribution in [-0.2, 0) is 5.54 Å². The molecule has 6 rings (SSSR count). The van der Waals surface area contributed by atoms with E-state index >= 15 is 0 Å². The van der Waals surface area contributed by atoms with Crippen LogP contribution in [0.15, 0.2) is 43.2 Å². The van der Waals surface area contributed by atoms with Crippen molar-refractivity contribution in [1.29, 1.82) is 5.26 Å². The number of amides is 1. The zero-order chi connectivity index (χ0) is 25.6. The Balaban J connectivity index is 1.13. The average molecular weight is 500 g/mol. The highest BCUT2D eigenvalue weighted by atomic mass is 19.1. The SMILES string of the molecule is Cc1nccc(C(=O)N2CCC(N3CC(CC#N)(n4cc(-c5ncnc6[nH]ccc56)cn4)C3)CC2)c1F. The van der Waals surface area contributed by atoms with Crippen molar-refractivity contribution in [1.82, 2.24) is 39.5 Å². The molecule has 1 N–H and O–H groups in total. The molecule has 10 nitrogen and oxygen atoms in total. The molecular formula is C26H26FN9O. The van der Waals surface area contributed by atoms with Gasteiger partial charge in [-0.2, -0.15) is 10.4 Å².